The van der Waals surface area contributed by atoms with E-state index in [1.54, 1.807) is 18.5 Å². The maximum atomic E-state index is 13.8. The first kappa shape index (κ1) is 23.9. The monoisotopic (exact) mass is 492 g/mol. The SMILES string of the molecule is N#Cc1cc(-c2cc(NC3CCN(S(=O)(=O)CC(F)(F)F)CC3)c3cnccc3c2)ccc1F. The molecular formula is C23H20F4N4O2S. The van der Waals surface area contributed by atoms with E-state index in [9.17, 15) is 26.0 Å². The summed E-state index contributed by atoms with van der Waals surface area (Å²) in [7, 11) is -4.41. The number of rotatable bonds is 5. The Morgan fingerprint density at radius 3 is 2.53 bits per heavy atom. The highest BCUT2D eigenvalue weighted by Crippen LogP contribution is 2.33. The van der Waals surface area contributed by atoms with Crippen molar-refractivity contribution in [1.29, 1.82) is 5.26 Å². The van der Waals surface area contributed by atoms with Crippen LogP contribution in [0.2, 0.25) is 0 Å². The van der Waals surface area contributed by atoms with Crippen LogP contribution in [0.25, 0.3) is 21.9 Å². The first-order valence-electron chi connectivity index (χ1n) is 10.4. The molecule has 1 aromatic heterocycles. The van der Waals surface area contributed by atoms with Crippen molar-refractivity contribution < 1.29 is 26.0 Å². The van der Waals surface area contributed by atoms with Gasteiger partial charge in [-0.3, -0.25) is 4.98 Å². The summed E-state index contributed by atoms with van der Waals surface area (Å²) in [6, 6.07) is 11.5. The minimum absolute atomic E-state index is 0.0184. The van der Waals surface area contributed by atoms with Crippen LogP contribution in [0.1, 0.15) is 18.4 Å². The molecule has 34 heavy (non-hydrogen) atoms. The zero-order valence-electron chi connectivity index (χ0n) is 17.8. The van der Waals surface area contributed by atoms with Crippen molar-refractivity contribution in [3.8, 4) is 17.2 Å². The molecule has 2 heterocycles. The van der Waals surface area contributed by atoms with E-state index in [0.717, 1.165) is 20.6 Å². The Kier molecular flexibility index (Phi) is 6.47. The van der Waals surface area contributed by atoms with Crippen LogP contribution in [0.4, 0.5) is 23.2 Å². The molecule has 0 radical (unpaired) electrons. The Labute approximate surface area is 193 Å². The molecule has 6 nitrogen and oxygen atoms in total. The summed E-state index contributed by atoms with van der Waals surface area (Å²) in [5.41, 5.74) is 2.02. The number of hydrogen-bond donors (Lipinski definition) is 1. The second-order valence-corrected chi connectivity index (χ2v) is 10.1. The van der Waals surface area contributed by atoms with Crippen LogP contribution in [-0.2, 0) is 10.0 Å². The van der Waals surface area contributed by atoms with Crippen molar-refractivity contribution in [3.63, 3.8) is 0 Å². The van der Waals surface area contributed by atoms with Gasteiger partial charge in [0, 0.05) is 42.6 Å². The van der Waals surface area contributed by atoms with Gasteiger partial charge in [0.1, 0.15) is 11.9 Å². The number of sulfonamides is 1. The number of pyridine rings is 1. The highest BCUT2D eigenvalue weighted by Gasteiger charge is 2.39. The highest BCUT2D eigenvalue weighted by atomic mass is 32.2. The molecule has 0 unspecified atom stereocenters. The number of nitriles is 1. The van der Waals surface area contributed by atoms with Crippen LogP contribution >= 0.6 is 0 Å². The van der Waals surface area contributed by atoms with Gasteiger partial charge in [0.2, 0.25) is 10.0 Å². The lowest BCUT2D eigenvalue weighted by molar-refractivity contribution is -0.107. The molecule has 2 aromatic carbocycles. The van der Waals surface area contributed by atoms with E-state index in [2.05, 4.69) is 10.3 Å². The van der Waals surface area contributed by atoms with Crippen molar-refractivity contribution in [2.45, 2.75) is 25.1 Å². The Balaban J connectivity index is 1.58. The number of nitrogens with zero attached hydrogens (tertiary/aromatic N) is 3. The van der Waals surface area contributed by atoms with Gasteiger partial charge >= 0.3 is 6.18 Å². The minimum Gasteiger partial charge on any atom is -0.382 e. The number of alkyl halides is 3. The molecule has 1 fully saturated rings. The Bertz CT molecular complexity index is 1360. The van der Waals surface area contributed by atoms with Gasteiger partial charge in [0.15, 0.2) is 5.75 Å². The van der Waals surface area contributed by atoms with Crippen LogP contribution in [0.5, 0.6) is 0 Å². The number of hydrogen-bond acceptors (Lipinski definition) is 5. The smallest absolute Gasteiger partial charge is 0.382 e. The van der Waals surface area contributed by atoms with Crippen LogP contribution < -0.4 is 5.32 Å². The fourth-order valence-corrected chi connectivity index (χ4v) is 5.43. The third-order valence-electron chi connectivity index (χ3n) is 5.73. The second-order valence-electron chi connectivity index (χ2n) is 8.12. The average Bonchev–Trinajstić information content (AvgIpc) is 2.78. The number of aromatic nitrogens is 1. The molecule has 1 aliphatic heterocycles. The van der Waals surface area contributed by atoms with Crippen molar-refractivity contribution in [2.24, 2.45) is 0 Å². The first-order chi connectivity index (χ1) is 16.1. The lowest BCUT2D eigenvalue weighted by Gasteiger charge is -2.32. The molecular weight excluding hydrogens is 472 g/mol. The molecule has 0 bridgehead atoms. The van der Waals surface area contributed by atoms with Crippen molar-refractivity contribution >= 4 is 26.5 Å². The van der Waals surface area contributed by atoms with Gasteiger partial charge in [-0.15, -0.1) is 0 Å². The molecule has 0 atom stereocenters. The Hall–Kier alpha value is -3.23. The van der Waals surface area contributed by atoms with Crippen molar-refractivity contribution in [2.75, 3.05) is 24.2 Å². The quantitative estimate of drug-likeness (QED) is 0.523. The molecule has 3 aromatic rings. The molecule has 11 heteroatoms. The standard InChI is InChI=1S/C23H20F4N4O2S/c24-21-2-1-15(9-18(21)12-28)17-10-16-3-6-29-13-20(16)22(11-17)30-19-4-7-31(8-5-19)34(32,33)14-23(25,26)27/h1-3,6,9-11,13,19,30H,4-5,7-8,14H2. The normalized spacial score (nSPS) is 15.9. The van der Waals surface area contributed by atoms with E-state index in [0.29, 0.717) is 24.1 Å². The average molecular weight is 492 g/mol. The van der Waals surface area contributed by atoms with Gasteiger partial charge in [0.05, 0.1) is 5.56 Å². The van der Waals surface area contributed by atoms with E-state index < -0.39 is 27.8 Å². The fraction of sp³-hybridized carbons (Fsp3) is 0.304. The largest absolute Gasteiger partial charge is 0.404 e. The van der Waals surface area contributed by atoms with Gasteiger partial charge in [-0.25, -0.2) is 17.1 Å². The molecule has 0 saturated carbocycles. The lowest BCUT2D eigenvalue weighted by Crippen LogP contribution is -2.45. The van der Waals surface area contributed by atoms with Gasteiger partial charge in [0.25, 0.3) is 0 Å². The number of benzene rings is 2. The Morgan fingerprint density at radius 2 is 1.85 bits per heavy atom. The van der Waals surface area contributed by atoms with Gasteiger partial charge in [-0.1, -0.05) is 6.07 Å². The van der Waals surface area contributed by atoms with E-state index >= 15 is 0 Å². The molecule has 0 aliphatic carbocycles. The summed E-state index contributed by atoms with van der Waals surface area (Å²) in [6.07, 6.45) is -0.816. The maximum Gasteiger partial charge on any atom is 0.404 e. The van der Waals surface area contributed by atoms with Crippen molar-refractivity contribution in [3.05, 3.63) is 60.2 Å². The molecule has 1 aliphatic rings. The van der Waals surface area contributed by atoms with E-state index in [1.165, 1.54) is 12.1 Å². The number of halogens is 4. The number of anilines is 1. The van der Waals surface area contributed by atoms with Crippen LogP contribution in [-0.4, -0.2) is 48.8 Å². The van der Waals surface area contributed by atoms with Crippen LogP contribution in [0.3, 0.4) is 0 Å². The molecule has 178 valence electrons. The Morgan fingerprint density at radius 1 is 1.12 bits per heavy atom. The predicted octanol–water partition coefficient (Wildman–Crippen LogP) is 4.68. The third-order valence-corrected chi connectivity index (χ3v) is 7.57. The summed E-state index contributed by atoms with van der Waals surface area (Å²) in [5, 5.41) is 14.2. The van der Waals surface area contributed by atoms with Gasteiger partial charge in [-0.05, 0) is 59.7 Å². The fourth-order valence-electron chi connectivity index (χ4n) is 4.07. The summed E-state index contributed by atoms with van der Waals surface area (Å²) in [4.78, 5) is 4.16. The number of piperidine rings is 1. The van der Waals surface area contributed by atoms with Crippen molar-refractivity contribution in [1.82, 2.24) is 9.29 Å². The number of nitrogens with one attached hydrogen (secondary N) is 1. The zero-order valence-corrected chi connectivity index (χ0v) is 18.6. The zero-order chi connectivity index (χ0) is 24.5. The molecule has 1 N–H and O–H groups in total. The summed E-state index contributed by atoms with van der Waals surface area (Å²) >= 11 is 0. The second kappa shape index (κ2) is 9.19. The number of fused-ring (bicyclic) bond motifs is 1. The van der Waals surface area contributed by atoms with E-state index in [1.807, 2.05) is 24.3 Å². The predicted molar refractivity (Wildman–Crippen MR) is 120 cm³/mol. The van der Waals surface area contributed by atoms with Crippen LogP contribution in [0, 0.1) is 17.1 Å². The summed E-state index contributed by atoms with van der Waals surface area (Å²) in [6.45, 7) is -0.0368. The van der Waals surface area contributed by atoms with Gasteiger partial charge in [-0.2, -0.15) is 18.4 Å². The summed E-state index contributed by atoms with van der Waals surface area (Å²) in [5.74, 6) is -2.47. The third kappa shape index (κ3) is 5.29. The highest BCUT2D eigenvalue weighted by molar-refractivity contribution is 7.89. The summed E-state index contributed by atoms with van der Waals surface area (Å²) < 4.78 is 76.6. The topological polar surface area (TPSA) is 86.1 Å². The molecule has 1 saturated heterocycles. The maximum absolute atomic E-state index is 13.8. The van der Waals surface area contributed by atoms with Gasteiger partial charge < -0.3 is 5.32 Å². The van der Waals surface area contributed by atoms with E-state index in [-0.39, 0.29) is 24.7 Å². The van der Waals surface area contributed by atoms with Crippen LogP contribution in [0.15, 0.2) is 48.8 Å². The minimum atomic E-state index is -4.79. The lowest BCUT2D eigenvalue weighted by atomic mass is 9.98. The molecule has 0 amide bonds. The first-order valence-corrected chi connectivity index (χ1v) is 12.1. The molecule has 4 rings (SSSR count). The molecule has 0 spiro atoms. The van der Waals surface area contributed by atoms with E-state index in [4.69, 9.17) is 5.26 Å².